The Balaban J connectivity index is 2.79. The lowest BCUT2D eigenvalue weighted by molar-refractivity contribution is 0.635. The highest BCUT2D eigenvalue weighted by Crippen LogP contribution is 2.25. The molecule has 85 valence electrons. The van der Waals surface area contributed by atoms with E-state index in [9.17, 15) is 0 Å². The minimum Gasteiger partial charge on any atom is -0.0809 e. The third kappa shape index (κ3) is 3.42. The Morgan fingerprint density at radius 1 is 1.25 bits per heavy atom. The summed E-state index contributed by atoms with van der Waals surface area (Å²) in [5, 5.41) is 0. The van der Waals surface area contributed by atoms with Crippen molar-refractivity contribution in [1.29, 1.82) is 0 Å². The molecule has 1 rings (SSSR count). The van der Waals surface area contributed by atoms with Gasteiger partial charge in [-0.25, -0.2) is 0 Å². The molecule has 1 aromatic carbocycles. The van der Waals surface area contributed by atoms with Crippen molar-refractivity contribution >= 4 is 0 Å². The van der Waals surface area contributed by atoms with Gasteiger partial charge >= 0.3 is 0 Å². The van der Waals surface area contributed by atoms with E-state index in [1.807, 2.05) is 0 Å². The van der Waals surface area contributed by atoms with E-state index in [0.717, 1.165) is 6.42 Å². The largest absolute Gasteiger partial charge is 0.0809 e. The topological polar surface area (TPSA) is 0 Å². The second kappa shape index (κ2) is 6.38. The summed E-state index contributed by atoms with van der Waals surface area (Å²) < 4.78 is 0. The molecule has 0 N–H and O–H groups in total. The van der Waals surface area contributed by atoms with Crippen molar-refractivity contribution in [3.05, 3.63) is 41.3 Å². The highest BCUT2D eigenvalue weighted by Gasteiger charge is 2.10. The van der Waals surface area contributed by atoms with E-state index in [-0.39, 0.29) is 5.92 Å². The summed E-state index contributed by atoms with van der Waals surface area (Å²) in [6, 6.07) is 6.48. The minimum absolute atomic E-state index is 0.187. The molecule has 0 aliphatic rings. The summed E-state index contributed by atoms with van der Waals surface area (Å²) in [7, 11) is 0. The van der Waals surface area contributed by atoms with Crippen LogP contribution in [0.15, 0.2) is 18.2 Å². The van der Waals surface area contributed by atoms with E-state index in [4.69, 9.17) is 6.42 Å². The molecule has 0 nitrogen and oxygen atoms in total. The number of unbranched alkanes of at least 4 members (excludes halogenated alkanes) is 2. The molecule has 1 aromatic rings. The van der Waals surface area contributed by atoms with Crippen LogP contribution in [0.3, 0.4) is 0 Å². The van der Waals surface area contributed by atoms with Crippen LogP contribution < -0.4 is 0 Å². The number of benzene rings is 1. The van der Waals surface area contributed by atoms with Crippen molar-refractivity contribution in [3.8, 4) is 5.92 Å². The van der Waals surface area contributed by atoms with Crippen LogP contribution in [0.25, 0.3) is 0 Å². The van der Waals surface area contributed by atoms with Crippen LogP contribution in [-0.2, 0) is 0 Å². The van der Waals surface area contributed by atoms with Gasteiger partial charge in [-0.05, 0) is 37.8 Å². The second-order valence-electron chi connectivity index (χ2n) is 4.55. The SMILES string of the molecule is [C]#CC(CCCCC)c1cc(C)ccc1C. The smallest absolute Gasteiger partial charge is 0.0465 e. The lowest BCUT2D eigenvalue weighted by Crippen LogP contribution is -1.99. The molecule has 1 unspecified atom stereocenters. The van der Waals surface area contributed by atoms with E-state index < -0.39 is 0 Å². The summed E-state index contributed by atoms with van der Waals surface area (Å²) in [6.45, 7) is 6.44. The third-order valence-corrected chi connectivity index (χ3v) is 3.08. The van der Waals surface area contributed by atoms with Crippen molar-refractivity contribution in [2.24, 2.45) is 0 Å². The highest BCUT2D eigenvalue weighted by molar-refractivity contribution is 5.36. The van der Waals surface area contributed by atoms with Crippen molar-refractivity contribution in [1.82, 2.24) is 0 Å². The molecule has 0 bridgehead atoms. The molecule has 0 spiro atoms. The number of hydrogen-bond acceptors (Lipinski definition) is 0. The van der Waals surface area contributed by atoms with Gasteiger partial charge in [0.05, 0.1) is 0 Å². The van der Waals surface area contributed by atoms with Crippen LogP contribution in [0, 0.1) is 26.2 Å². The van der Waals surface area contributed by atoms with Crippen molar-refractivity contribution in [2.75, 3.05) is 0 Å². The predicted molar refractivity (Wildman–Crippen MR) is 69.9 cm³/mol. The fraction of sp³-hybridized carbons (Fsp3) is 0.500. The molecule has 1 atom stereocenters. The highest BCUT2D eigenvalue weighted by atomic mass is 14.1. The summed E-state index contributed by atoms with van der Waals surface area (Å²) in [4.78, 5) is 0. The Morgan fingerprint density at radius 2 is 2.00 bits per heavy atom. The monoisotopic (exact) mass is 213 g/mol. The van der Waals surface area contributed by atoms with Crippen LogP contribution in [0.4, 0.5) is 0 Å². The molecule has 0 aromatic heterocycles. The molecule has 0 aliphatic heterocycles. The summed E-state index contributed by atoms with van der Waals surface area (Å²) in [5.74, 6) is 2.88. The van der Waals surface area contributed by atoms with Gasteiger partial charge in [0.2, 0.25) is 0 Å². The normalized spacial score (nSPS) is 12.1. The molecule has 0 heterocycles. The van der Waals surface area contributed by atoms with Crippen LogP contribution in [0.2, 0.25) is 0 Å². The van der Waals surface area contributed by atoms with Crippen molar-refractivity contribution in [3.63, 3.8) is 0 Å². The molecule has 0 amide bonds. The zero-order chi connectivity index (χ0) is 12.0. The van der Waals surface area contributed by atoms with Gasteiger partial charge < -0.3 is 0 Å². The molecule has 0 aliphatic carbocycles. The lowest BCUT2D eigenvalue weighted by atomic mass is 9.90. The molecule has 16 heavy (non-hydrogen) atoms. The Bertz CT molecular complexity index is 368. The molecule has 1 radical (unpaired) electrons. The molecular weight excluding hydrogens is 192 g/mol. The average Bonchev–Trinajstić information content (AvgIpc) is 2.28. The number of hydrogen-bond donors (Lipinski definition) is 0. The van der Waals surface area contributed by atoms with E-state index in [2.05, 4.69) is 44.9 Å². The van der Waals surface area contributed by atoms with Gasteiger partial charge in [0, 0.05) is 5.92 Å². The first-order valence-corrected chi connectivity index (χ1v) is 6.18. The first kappa shape index (κ1) is 12.8. The fourth-order valence-corrected chi connectivity index (χ4v) is 2.04. The minimum atomic E-state index is 0.187. The summed E-state index contributed by atoms with van der Waals surface area (Å²) in [5.41, 5.74) is 3.84. The van der Waals surface area contributed by atoms with E-state index in [1.54, 1.807) is 0 Å². The molecule has 0 saturated heterocycles. The fourth-order valence-electron chi connectivity index (χ4n) is 2.04. The molecule has 0 heteroatoms. The van der Waals surface area contributed by atoms with E-state index in [1.165, 1.54) is 36.0 Å². The lowest BCUT2D eigenvalue weighted by Gasteiger charge is -2.14. The summed E-state index contributed by atoms with van der Waals surface area (Å²) in [6.07, 6.45) is 12.2. The second-order valence-corrected chi connectivity index (χ2v) is 4.55. The zero-order valence-electron chi connectivity index (χ0n) is 10.6. The molecular formula is C16H21. The van der Waals surface area contributed by atoms with Gasteiger partial charge in [0.1, 0.15) is 0 Å². The number of aryl methyl sites for hydroxylation is 2. The van der Waals surface area contributed by atoms with Crippen LogP contribution >= 0.6 is 0 Å². The van der Waals surface area contributed by atoms with Gasteiger partial charge in [-0.1, -0.05) is 55.9 Å². The van der Waals surface area contributed by atoms with Crippen LogP contribution in [-0.4, -0.2) is 0 Å². The Labute approximate surface area is 100 Å². The Hall–Kier alpha value is -1.22. The molecule has 0 fully saturated rings. The zero-order valence-corrected chi connectivity index (χ0v) is 10.6. The van der Waals surface area contributed by atoms with Crippen molar-refractivity contribution < 1.29 is 0 Å². The molecule has 0 saturated carbocycles. The van der Waals surface area contributed by atoms with Gasteiger partial charge in [-0.15, -0.1) is 0 Å². The maximum Gasteiger partial charge on any atom is 0.0465 e. The average molecular weight is 213 g/mol. The van der Waals surface area contributed by atoms with E-state index >= 15 is 0 Å². The van der Waals surface area contributed by atoms with Crippen molar-refractivity contribution in [2.45, 2.75) is 52.4 Å². The predicted octanol–water partition coefficient (Wildman–Crippen LogP) is 4.56. The van der Waals surface area contributed by atoms with Gasteiger partial charge in [0.25, 0.3) is 0 Å². The summed E-state index contributed by atoms with van der Waals surface area (Å²) >= 11 is 0. The first-order valence-electron chi connectivity index (χ1n) is 6.18. The standard InChI is InChI=1S/C16H21/c1-5-7-8-9-15(6-2)16-12-13(3)10-11-14(16)4/h10-12,15H,5,7-9H2,1,3-4H3. The van der Waals surface area contributed by atoms with Gasteiger partial charge in [-0.3, -0.25) is 0 Å². The first-order chi connectivity index (χ1) is 7.69. The van der Waals surface area contributed by atoms with Crippen LogP contribution in [0.1, 0.15) is 55.2 Å². The Kier molecular flexibility index (Phi) is 5.12. The van der Waals surface area contributed by atoms with Gasteiger partial charge in [-0.2, -0.15) is 0 Å². The maximum atomic E-state index is 7.45. The maximum absolute atomic E-state index is 7.45. The number of rotatable bonds is 5. The quantitative estimate of drug-likeness (QED) is 0.497. The van der Waals surface area contributed by atoms with Gasteiger partial charge in [0.15, 0.2) is 0 Å². The van der Waals surface area contributed by atoms with E-state index in [0.29, 0.717) is 0 Å². The van der Waals surface area contributed by atoms with Crippen LogP contribution in [0.5, 0.6) is 0 Å². The Morgan fingerprint density at radius 3 is 2.62 bits per heavy atom. The third-order valence-electron chi connectivity index (χ3n) is 3.08.